The molecule has 0 unspecified atom stereocenters. The number of hydrogen-bond donors (Lipinski definition) is 0. The van der Waals surface area contributed by atoms with Crippen LogP contribution in [0.4, 0.5) is 13.2 Å². The van der Waals surface area contributed by atoms with Crippen molar-refractivity contribution in [1.82, 2.24) is 19.9 Å². The van der Waals surface area contributed by atoms with Gasteiger partial charge in [0.05, 0.1) is 18.4 Å². The average molecular weight is 420 g/mol. The van der Waals surface area contributed by atoms with Crippen molar-refractivity contribution < 1.29 is 26.9 Å². The second-order valence-corrected chi connectivity index (χ2v) is 7.02. The molecule has 3 aromatic rings. The summed E-state index contributed by atoms with van der Waals surface area (Å²) in [4.78, 5) is 20.4. The molecule has 0 saturated carbocycles. The lowest BCUT2D eigenvalue weighted by atomic mass is 10.1. The zero-order valence-corrected chi connectivity index (χ0v) is 15.9. The number of benzene rings is 1. The van der Waals surface area contributed by atoms with Crippen LogP contribution in [0.1, 0.15) is 33.4 Å². The van der Waals surface area contributed by atoms with Crippen molar-refractivity contribution in [2.45, 2.75) is 19.1 Å². The molecule has 0 bridgehead atoms. The summed E-state index contributed by atoms with van der Waals surface area (Å²) in [5, 5.41) is 3.87. The average Bonchev–Trinajstić information content (AvgIpc) is 3.40. The topological polar surface area (TPSA) is 75.6 Å². The number of carbonyl (C=O) groups excluding carboxylic acids is 1. The van der Waals surface area contributed by atoms with E-state index in [-0.39, 0.29) is 12.3 Å². The highest BCUT2D eigenvalue weighted by Gasteiger charge is 2.30. The number of nitrogens with zero attached hydrogens (tertiary/aromatic N) is 4. The Morgan fingerprint density at radius 3 is 2.60 bits per heavy atom. The Balaban J connectivity index is 1.31. The Hall–Kier alpha value is -3.14. The molecule has 1 amide bonds. The fourth-order valence-electron chi connectivity index (χ4n) is 3.32. The van der Waals surface area contributed by atoms with E-state index in [0.29, 0.717) is 55.8 Å². The van der Waals surface area contributed by atoms with Crippen LogP contribution in [0.15, 0.2) is 51.6 Å². The van der Waals surface area contributed by atoms with Gasteiger partial charge < -0.3 is 13.8 Å². The maximum Gasteiger partial charge on any atom is 0.416 e. The standard InChI is InChI=1S/C20H19F3N4O3/c21-20(22,23)15-4-1-3-14(11-15)12-17-24-18(30-25-17)13-26-6-8-27(9-7-26)19(28)16-5-2-10-29-16/h1-5,10-11H,6-9,12-13H2. The van der Waals surface area contributed by atoms with Gasteiger partial charge in [0.25, 0.3) is 5.91 Å². The zero-order chi connectivity index (χ0) is 21.1. The quantitative estimate of drug-likeness (QED) is 0.631. The molecule has 0 radical (unpaired) electrons. The van der Waals surface area contributed by atoms with Gasteiger partial charge in [-0.25, -0.2) is 0 Å². The van der Waals surface area contributed by atoms with Crippen LogP contribution in [0.3, 0.4) is 0 Å². The summed E-state index contributed by atoms with van der Waals surface area (Å²) < 4.78 is 48.9. The predicted octanol–water partition coefficient (Wildman–Crippen LogP) is 3.23. The summed E-state index contributed by atoms with van der Waals surface area (Å²) in [5.41, 5.74) is -0.243. The lowest BCUT2D eigenvalue weighted by Crippen LogP contribution is -2.48. The normalized spacial score (nSPS) is 15.5. The van der Waals surface area contributed by atoms with E-state index in [9.17, 15) is 18.0 Å². The fraction of sp³-hybridized carbons (Fsp3) is 0.350. The molecule has 30 heavy (non-hydrogen) atoms. The Morgan fingerprint density at radius 1 is 1.10 bits per heavy atom. The van der Waals surface area contributed by atoms with Gasteiger partial charge in [-0.15, -0.1) is 0 Å². The minimum Gasteiger partial charge on any atom is -0.459 e. The molecular weight excluding hydrogens is 401 g/mol. The number of furan rings is 1. The van der Waals surface area contributed by atoms with Crippen LogP contribution in [-0.2, 0) is 19.1 Å². The van der Waals surface area contributed by atoms with Gasteiger partial charge in [0, 0.05) is 32.6 Å². The molecule has 7 nitrogen and oxygen atoms in total. The van der Waals surface area contributed by atoms with Crippen LogP contribution in [-0.4, -0.2) is 52.0 Å². The van der Waals surface area contributed by atoms with E-state index in [0.717, 1.165) is 12.1 Å². The van der Waals surface area contributed by atoms with Gasteiger partial charge in [-0.3, -0.25) is 9.69 Å². The van der Waals surface area contributed by atoms with E-state index in [1.165, 1.54) is 12.3 Å². The largest absolute Gasteiger partial charge is 0.459 e. The molecule has 2 aromatic heterocycles. The number of alkyl halides is 3. The van der Waals surface area contributed by atoms with Crippen LogP contribution in [0.25, 0.3) is 0 Å². The Bertz CT molecular complexity index is 993. The number of carbonyl (C=O) groups is 1. The molecule has 1 fully saturated rings. The van der Waals surface area contributed by atoms with E-state index in [2.05, 4.69) is 15.0 Å². The molecule has 4 rings (SSSR count). The third-order valence-electron chi connectivity index (χ3n) is 4.88. The molecule has 158 valence electrons. The Morgan fingerprint density at radius 2 is 1.90 bits per heavy atom. The van der Waals surface area contributed by atoms with E-state index in [4.69, 9.17) is 8.94 Å². The van der Waals surface area contributed by atoms with Crippen molar-refractivity contribution in [3.05, 3.63) is 71.3 Å². The lowest BCUT2D eigenvalue weighted by Gasteiger charge is -2.33. The number of piperazine rings is 1. The third kappa shape index (κ3) is 4.70. The van der Waals surface area contributed by atoms with Crippen molar-refractivity contribution >= 4 is 5.91 Å². The Labute approximate surface area is 170 Å². The first kappa shape index (κ1) is 20.1. The molecule has 1 aliphatic heterocycles. The van der Waals surface area contributed by atoms with Crippen LogP contribution in [0.2, 0.25) is 0 Å². The number of amides is 1. The molecule has 0 N–H and O–H groups in total. The minimum atomic E-state index is -4.39. The minimum absolute atomic E-state index is 0.138. The summed E-state index contributed by atoms with van der Waals surface area (Å²) in [5.74, 6) is 0.902. The highest BCUT2D eigenvalue weighted by Crippen LogP contribution is 2.29. The van der Waals surface area contributed by atoms with Crippen LogP contribution < -0.4 is 0 Å². The maximum absolute atomic E-state index is 12.8. The van der Waals surface area contributed by atoms with Crippen LogP contribution in [0, 0.1) is 0 Å². The first-order valence-electron chi connectivity index (χ1n) is 9.41. The first-order chi connectivity index (χ1) is 14.4. The highest BCUT2D eigenvalue weighted by atomic mass is 19.4. The third-order valence-corrected chi connectivity index (χ3v) is 4.88. The summed E-state index contributed by atoms with van der Waals surface area (Å²) >= 11 is 0. The van der Waals surface area contributed by atoms with Crippen LogP contribution in [0.5, 0.6) is 0 Å². The molecule has 1 aromatic carbocycles. The van der Waals surface area contributed by atoms with E-state index >= 15 is 0 Å². The maximum atomic E-state index is 12.8. The highest BCUT2D eigenvalue weighted by molar-refractivity contribution is 5.91. The molecular formula is C20H19F3N4O3. The van der Waals surface area contributed by atoms with Gasteiger partial charge in [-0.1, -0.05) is 23.4 Å². The summed E-state index contributed by atoms with van der Waals surface area (Å²) in [7, 11) is 0. The smallest absolute Gasteiger partial charge is 0.416 e. The first-order valence-corrected chi connectivity index (χ1v) is 9.41. The predicted molar refractivity (Wildman–Crippen MR) is 98.4 cm³/mol. The SMILES string of the molecule is O=C(c1ccco1)N1CCN(Cc2nc(Cc3cccc(C(F)(F)F)c3)no2)CC1. The lowest BCUT2D eigenvalue weighted by molar-refractivity contribution is -0.137. The van der Waals surface area contributed by atoms with Gasteiger partial charge in [-0.05, 0) is 23.8 Å². The number of rotatable bonds is 5. The summed E-state index contributed by atoms with van der Waals surface area (Å²) in [6.07, 6.45) is -2.77. The Kier molecular flexibility index (Phi) is 5.58. The molecule has 0 spiro atoms. The van der Waals surface area contributed by atoms with Gasteiger partial charge in [0.2, 0.25) is 5.89 Å². The monoisotopic (exact) mass is 420 g/mol. The van der Waals surface area contributed by atoms with Gasteiger partial charge in [-0.2, -0.15) is 18.2 Å². The fourth-order valence-corrected chi connectivity index (χ4v) is 3.32. The van der Waals surface area contributed by atoms with Crippen molar-refractivity contribution in [2.75, 3.05) is 26.2 Å². The second kappa shape index (κ2) is 8.31. The van der Waals surface area contributed by atoms with Gasteiger partial charge in [0.1, 0.15) is 0 Å². The van der Waals surface area contributed by atoms with E-state index in [1.807, 2.05) is 0 Å². The molecule has 1 saturated heterocycles. The molecule has 3 heterocycles. The van der Waals surface area contributed by atoms with Gasteiger partial charge in [0.15, 0.2) is 11.6 Å². The van der Waals surface area contributed by atoms with E-state index in [1.54, 1.807) is 23.1 Å². The van der Waals surface area contributed by atoms with E-state index < -0.39 is 11.7 Å². The van der Waals surface area contributed by atoms with Crippen molar-refractivity contribution in [2.24, 2.45) is 0 Å². The number of aromatic nitrogens is 2. The zero-order valence-electron chi connectivity index (χ0n) is 15.9. The van der Waals surface area contributed by atoms with Crippen molar-refractivity contribution in [1.29, 1.82) is 0 Å². The van der Waals surface area contributed by atoms with Crippen molar-refractivity contribution in [3.63, 3.8) is 0 Å². The molecule has 10 heteroatoms. The molecule has 0 aliphatic carbocycles. The van der Waals surface area contributed by atoms with Crippen molar-refractivity contribution in [3.8, 4) is 0 Å². The van der Waals surface area contributed by atoms with Gasteiger partial charge >= 0.3 is 6.18 Å². The number of halogens is 3. The number of hydrogen-bond acceptors (Lipinski definition) is 6. The molecule has 0 atom stereocenters. The molecule has 1 aliphatic rings. The summed E-state index contributed by atoms with van der Waals surface area (Å²) in [6.45, 7) is 2.78. The summed E-state index contributed by atoms with van der Waals surface area (Å²) in [6, 6.07) is 8.39. The second-order valence-electron chi connectivity index (χ2n) is 7.02. The van der Waals surface area contributed by atoms with Crippen LogP contribution >= 0.6 is 0 Å².